The molecule has 1 fully saturated rings. The van der Waals surface area contributed by atoms with Crippen LogP contribution in [0.25, 0.3) is 0 Å². The van der Waals surface area contributed by atoms with Crippen molar-refractivity contribution in [1.29, 1.82) is 0 Å². The third-order valence-corrected chi connectivity index (χ3v) is 4.94. The standard InChI is InChI=1S/C16H23NO/c1-2-13-7-5-10-16(13,18)15-14-8-4-3-6-12(14)9-11-17-15/h3-4,6,8,13,15,17-18H,2,5,7,9-11H2,1H3. The molecule has 0 saturated heterocycles. The Kier molecular flexibility index (Phi) is 3.16. The Hall–Kier alpha value is -0.860. The van der Waals surface area contributed by atoms with E-state index in [0.717, 1.165) is 32.2 Å². The van der Waals surface area contributed by atoms with Crippen molar-refractivity contribution in [1.82, 2.24) is 5.32 Å². The third-order valence-electron chi connectivity index (χ3n) is 4.94. The molecular weight excluding hydrogens is 222 g/mol. The molecule has 1 aliphatic heterocycles. The first-order valence-electron chi connectivity index (χ1n) is 7.29. The molecule has 0 spiro atoms. The van der Waals surface area contributed by atoms with Crippen LogP contribution >= 0.6 is 0 Å². The Balaban J connectivity index is 1.98. The molecule has 1 heterocycles. The van der Waals surface area contributed by atoms with Gasteiger partial charge in [0.2, 0.25) is 0 Å². The van der Waals surface area contributed by atoms with Gasteiger partial charge in [0.25, 0.3) is 0 Å². The van der Waals surface area contributed by atoms with Crippen molar-refractivity contribution in [2.24, 2.45) is 5.92 Å². The molecular formula is C16H23NO. The third kappa shape index (κ3) is 1.79. The highest BCUT2D eigenvalue weighted by Gasteiger charge is 2.47. The average Bonchev–Trinajstić information content (AvgIpc) is 2.80. The van der Waals surface area contributed by atoms with E-state index in [-0.39, 0.29) is 6.04 Å². The van der Waals surface area contributed by atoms with Crippen molar-refractivity contribution in [2.45, 2.75) is 50.7 Å². The second-order valence-corrected chi connectivity index (χ2v) is 5.82. The lowest BCUT2D eigenvalue weighted by atomic mass is 9.76. The van der Waals surface area contributed by atoms with E-state index in [1.54, 1.807) is 0 Å². The van der Waals surface area contributed by atoms with Gasteiger partial charge in [-0.2, -0.15) is 0 Å². The lowest BCUT2D eigenvalue weighted by molar-refractivity contribution is -0.0368. The monoisotopic (exact) mass is 245 g/mol. The fourth-order valence-corrected chi connectivity index (χ4v) is 3.97. The molecule has 1 aliphatic carbocycles. The molecule has 3 atom stereocenters. The van der Waals surface area contributed by atoms with Crippen LogP contribution in [0.1, 0.15) is 49.8 Å². The maximum Gasteiger partial charge on any atom is 0.0869 e. The normalized spacial score (nSPS) is 35.4. The number of benzene rings is 1. The van der Waals surface area contributed by atoms with E-state index in [4.69, 9.17) is 0 Å². The molecule has 1 saturated carbocycles. The summed E-state index contributed by atoms with van der Waals surface area (Å²) in [5, 5.41) is 14.7. The first kappa shape index (κ1) is 12.2. The Morgan fingerprint density at radius 2 is 2.22 bits per heavy atom. The summed E-state index contributed by atoms with van der Waals surface area (Å²) in [6, 6.07) is 8.74. The minimum absolute atomic E-state index is 0.134. The van der Waals surface area contributed by atoms with Gasteiger partial charge in [-0.3, -0.25) is 0 Å². The summed E-state index contributed by atoms with van der Waals surface area (Å²) in [6.45, 7) is 3.19. The van der Waals surface area contributed by atoms with Gasteiger partial charge in [-0.1, -0.05) is 44.0 Å². The average molecular weight is 245 g/mol. The highest BCUT2D eigenvalue weighted by atomic mass is 16.3. The van der Waals surface area contributed by atoms with Gasteiger partial charge in [-0.15, -0.1) is 0 Å². The molecule has 2 nitrogen and oxygen atoms in total. The molecule has 0 bridgehead atoms. The molecule has 3 rings (SSSR count). The van der Waals surface area contributed by atoms with Gasteiger partial charge in [-0.25, -0.2) is 0 Å². The molecule has 1 aromatic carbocycles. The molecule has 0 aromatic heterocycles. The van der Waals surface area contributed by atoms with E-state index in [0.29, 0.717) is 5.92 Å². The van der Waals surface area contributed by atoms with E-state index >= 15 is 0 Å². The Morgan fingerprint density at radius 3 is 3.06 bits per heavy atom. The zero-order valence-corrected chi connectivity index (χ0v) is 11.2. The highest BCUT2D eigenvalue weighted by molar-refractivity contribution is 5.35. The topological polar surface area (TPSA) is 32.3 Å². The van der Waals surface area contributed by atoms with Gasteiger partial charge in [0.05, 0.1) is 11.6 Å². The number of hydrogen-bond acceptors (Lipinski definition) is 2. The number of aliphatic hydroxyl groups is 1. The van der Waals surface area contributed by atoms with Gasteiger partial charge < -0.3 is 10.4 Å². The van der Waals surface area contributed by atoms with Crippen LogP contribution in [0.3, 0.4) is 0 Å². The summed E-state index contributed by atoms with van der Waals surface area (Å²) in [5.74, 6) is 0.446. The van der Waals surface area contributed by atoms with Gasteiger partial charge in [-0.05, 0) is 42.9 Å². The van der Waals surface area contributed by atoms with Crippen molar-refractivity contribution in [3.8, 4) is 0 Å². The van der Waals surface area contributed by atoms with Crippen LogP contribution in [-0.2, 0) is 6.42 Å². The maximum atomic E-state index is 11.2. The minimum Gasteiger partial charge on any atom is -0.388 e. The van der Waals surface area contributed by atoms with Crippen LogP contribution in [0.2, 0.25) is 0 Å². The van der Waals surface area contributed by atoms with Crippen molar-refractivity contribution in [2.75, 3.05) is 6.54 Å². The fourth-order valence-electron chi connectivity index (χ4n) is 3.97. The van der Waals surface area contributed by atoms with Crippen molar-refractivity contribution in [3.05, 3.63) is 35.4 Å². The molecule has 2 N–H and O–H groups in total. The Labute approximate surface area is 109 Å². The second kappa shape index (κ2) is 4.67. The summed E-state index contributed by atoms with van der Waals surface area (Å²) in [7, 11) is 0. The Bertz CT molecular complexity index is 431. The molecule has 0 amide bonds. The van der Waals surface area contributed by atoms with E-state index in [1.807, 2.05) is 0 Å². The van der Waals surface area contributed by atoms with E-state index in [1.165, 1.54) is 17.5 Å². The van der Waals surface area contributed by atoms with Crippen LogP contribution in [0.4, 0.5) is 0 Å². The predicted molar refractivity (Wildman–Crippen MR) is 73.5 cm³/mol. The molecule has 1 aromatic rings. The van der Waals surface area contributed by atoms with Crippen molar-refractivity contribution >= 4 is 0 Å². The molecule has 98 valence electrons. The van der Waals surface area contributed by atoms with E-state index in [2.05, 4.69) is 36.5 Å². The van der Waals surface area contributed by atoms with Gasteiger partial charge >= 0.3 is 0 Å². The second-order valence-electron chi connectivity index (χ2n) is 5.82. The zero-order chi connectivity index (χ0) is 12.6. The SMILES string of the molecule is CCC1CCCC1(O)C1NCCc2ccccc21. The quantitative estimate of drug-likeness (QED) is 0.839. The predicted octanol–water partition coefficient (Wildman–Crippen LogP) is 2.81. The number of nitrogens with one attached hydrogen (secondary N) is 1. The lowest BCUT2D eigenvalue weighted by Gasteiger charge is -2.41. The largest absolute Gasteiger partial charge is 0.388 e. The maximum absolute atomic E-state index is 11.2. The fraction of sp³-hybridized carbons (Fsp3) is 0.625. The summed E-state index contributed by atoms with van der Waals surface area (Å²) in [6.07, 6.45) is 5.44. The summed E-state index contributed by atoms with van der Waals surface area (Å²) in [5.41, 5.74) is 2.20. The number of rotatable bonds is 2. The Morgan fingerprint density at radius 1 is 1.39 bits per heavy atom. The number of fused-ring (bicyclic) bond motifs is 1. The van der Waals surface area contributed by atoms with Crippen molar-refractivity contribution < 1.29 is 5.11 Å². The minimum atomic E-state index is -0.536. The summed E-state index contributed by atoms with van der Waals surface area (Å²) in [4.78, 5) is 0. The summed E-state index contributed by atoms with van der Waals surface area (Å²) < 4.78 is 0. The molecule has 2 heteroatoms. The van der Waals surface area contributed by atoms with E-state index < -0.39 is 5.60 Å². The van der Waals surface area contributed by atoms with Crippen LogP contribution in [-0.4, -0.2) is 17.3 Å². The zero-order valence-electron chi connectivity index (χ0n) is 11.2. The molecule has 3 unspecified atom stereocenters. The van der Waals surface area contributed by atoms with Gasteiger partial charge in [0.1, 0.15) is 0 Å². The highest BCUT2D eigenvalue weighted by Crippen LogP contribution is 2.46. The lowest BCUT2D eigenvalue weighted by Crippen LogP contribution is -2.49. The van der Waals surface area contributed by atoms with Crippen LogP contribution in [0.15, 0.2) is 24.3 Å². The van der Waals surface area contributed by atoms with E-state index in [9.17, 15) is 5.11 Å². The van der Waals surface area contributed by atoms with Gasteiger partial charge in [0, 0.05) is 0 Å². The molecule has 0 radical (unpaired) electrons. The van der Waals surface area contributed by atoms with Crippen LogP contribution in [0, 0.1) is 5.92 Å². The van der Waals surface area contributed by atoms with Crippen molar-refractivity contribution in [3.63, 3.8) is 0 Å². The van der Waals surface area contributed by atoms with Crippen LogP contribution < -0.4 is 5.32 Å². The number of hydrogen-bond donors (Lipinski definition) is 2. The van der Waals surface area contributed by atoms with Gasteiger partial charge in [0.15, 0.2) is 0 Å². The molecule has 18 heavy (non-hydrogen) atoms. The summed E-state index contributed by atoms with van der Waals surface area (Å²) >= 11 is 0. The first-order valence-corrected chi connectivity index (χ1v) is 7.29. The first-order chi connectivity index (χ1) is 8.75. The smallest absolute Gasteiger partial charge is 0.0869 e. The van der Waals surface area contributed by atoms with Crippen LogP contribution in [0.5, 0.6) is 0 Å². The molecule has 2 aliphatic rings.